The average molecular weight is 372 g/mol. The van der Waals surface area contributed by atoms with Crippen LogP contribution in [-0.4, -0.2) is 45.8 Å². The van der Waals surface area contributed by atoms with E-state index in [4.69, 9.17) is 4.74 Å². The molecule has 1 unspecified atom stereocenters. The van der Waals surface area contributed by atoms with Crippen LogP contribution in [0.5, 0.6) is 11.5 Å². The number of hydrogen-bond acceptors (Lipinski definition) is 5. The van der Waals surface area contributed by atoms with Crippen molar-refractivity contribution in [1.29, 1.82) is 0 Å². The lowest BCUT2D eigenvalue weighted by Crippen LogP contribution is -2.29. The molecule has 27 heavy (non-hydrogen) atoms. The number of aromatic nitrogens is 1. The lowest BCUT2D eigenvalue weighted by molar-refractivity contribution is 0.116. The molecular weight excluding hydrogens is 347 g/mol. The fraction of sp³-hybridized carbons (Fsp3) is 0.476. The highest BCUT2D eigenvalue weighted by atomic mass is 19.1. The summed E-state index contributed by atoms with van der Waals surface area (Å²) in [5, 5.41) is 19.7. The Bertz CT molecular complexity index is 785. The zero-order valence-corrected chi connectivity index (χ0v) is 15.4. The summed E-state index contributed by atoms with van der Waals surface area (Å²) in [5.74, 6) is 0.869. The molecule has 1 aliphatic carbocycles. The van der Waals surface area contributed by atoms with E-state index in [0.29, 0.717) is 23.9 Å². The first-order valence-corrected chi connectivity index (χ1v) is 9.46. The molecule has 2 aliphatic rings. The second-order valence-electron chi connectivity index (χ2n) is 7.81. The minimum Gasteiger partial charge on any atom is -0.505 e. The third-order valence-electron chi connectivity index (χ3n) is 5.76. The van der Waals surface area contributed by atoms with Crippen LogP contribution in [0.1, 0.15) is 30.2 Å². The Labute approximate surface area is 158 Å². The van der Waals surface area contributed by atoms with Gasteiger partial charge in [0.15, 0.2) is 11.6 Å². The molecule has 1 saturated carbocycles. The number of fused-ring (bicyclic) bond motifs is 1. The summed E-state index contributed by atoms with van der Waals surface area (Å²) in [5.41, 5.74) is 1.48. The van der Waals surface area contributed by atoms with Crippen LogP contribution in [0.25, 0.3) is 0 Å². The predicted molar refractivity (Wildman–Crippen MR) is 99.1 cm³/mol. The molecule has 0 bridgehead atoms. The third-order valence-corrected chi connectivity index (χ3v) is 5.76. The summed E-state index contributed by atoms with van der Waals surface area (Å²) in [6, 6.07) is 7.99. The monoisotopic (exact) mass is 372 g/mol. The quantitative estimate of drug-likeness (QED) is 0.845. The van der Waals surface area contributed by atoms with Gasteiger partial charge in [-0.1, -0.05) is 6.07 Å². The molecule has 2 fully saturated rings. The zero-order valence-electron chi connectivity index (χ0n) is 15.4. The van der Waals surface area contributed by atoms with Gasteiger partial charge in [-0.15, -0.1) is 0 Å². The molecule has 144 valence electrons. The number of nitrogens with zero attached hydrogens (tertiary/aromatic N) is 2. The first-order valence-electron chi connectivity index (χ1n) is 9.46. The summed E-state index contributed by atoms with van der Waals surface area (Å²) >= 11 is 0. The second-order valence-corrected chi connectivity index (χ2v) is 7.81. The summed E-state index contributed by atoms with van der Waals surface area (Å²) < 4.78 is 19.6. The van der Waals surface area contributed by atoms with Gasteiger partial charge in [0.05, 0.1) is 18.4 Å². The van der Waals surface area contributed by atoms with Crippen molar-refractivity contribution in [2.45, 2.75) is 32.0 Å². The number of phenolic OH excluding ortho intramolecular Hbond substituents is 1. The molecule has 1 aliphatic heterocycles. The van der Waals surface area contributed by atoms with E-state index in [0.717, 1.165) is 37.4 Å². The summed E-state index contributed by atoms with van der Waals surface area (Å²) in [6.07, 6.45) is 3.27. The van der Waals surface area contributed by atoms with E-state index < -0.39 is 17.7 Å². The van der Waals surface area contributed by atoms with Crippen molar-refractivity contribution >= 4 is 0 Å². The molecule has 0 spiro atoms. The van der Waals surface area contributed by atoms with E-state index in [9.17, 15) is 14.6 Å². The molecule has 2 heterocycles. The van der Waals surface area contributed by atoms with Gasteiger partial charge in [0.25, 0.3) is 0 Å². The van der Waals surface area contributed by atoms with Gasteiger partial charge in [-0.25, -0.2) is 4.39 Å². The Morgan fingerprint density at radius 1 is 1.22 bits per heavy atom. The van der Waals surface area contributed by atoms with Crippen LogP contribution in [-0.2, 0) is 0 Å². The highest BCUT2D eigenvalue weighted by Crippen LogP contribution is 2.40. The summed E-state index contributed by atoms with van der Waals surface area (Å²) in [6.45, 7) is 4.28. The van der Waals surface area contributed by atoms with Gasteiger partial charge in [0.1, 0.15) is 5.75 Å². The maximum Gasteiger partial charge on any atom is 0.165 e. The molecule has 1 aromatic carbocycles. The number of rotatable bonds is 5. The van der Waals surface area contributed by atoms with Crippen molar-refractivity contribution in [3.63, 3.8) is 0 Å². The van der Waals surface area contributed by atoms with Crippen molar-refractivity contribution in [2.75, 3.05) is 19.6 Å². The third kappa shape index (κ3) is 4.06. The van der Waals surface area contributed by atoms with Crippen LogP contribution in [0.2, 0.25) is 0 Å². The van der Waals surface area contributed by atoms with Crippen LogP contribution >= 0.6 is 0 Å². The largest absolute Gasteiger partial charge is 0.505 e. The van der Waals surface area contributed by atoms with Crippen LogP contribution in [0, 0.1) is 24.6 Å². The van der Waals surface area contributed by atoms with Gasteiger partial charge in [-0.2, -0.15) is 0 Å². The van der Waals surface area contributed by atoms with Gasteiger partial charge >= 0.3 is 0 Å². The molecule has 4 rings (SSSR count). The highest BCUT2D eigenvalue weighted by molar-refractivity contribution is 5.29. The minimum atomic E-state index is -0.760. The number of ether oxygens (including phenoxy) is 1. The Hall–Kier alpha value is -2.18. The first-order chi connectivity index (χ1) is 13.0. The van der Waals surface area contributed by atoms with Crippen LogP contribution in [0.4, 0.5) is 4.39 Å². The SMILES string of the molecule is Cc1ccc(O[C@H]2C[C@@H]3CN(CC(O)c4ccc(O)c(F)c4)C[C@@H]3C2)cn1. The molecular formula is C21H25FN2O3. The smallest absolute Gasteiger partial charge is 0.165 e. The summed E-state index contributed by atoms with van der Waals surface area (Å²) in [4.78, 5) is 6.52. The van der Waals surface area contributed by atoms with Gasteiger partial charge < -0.3 is 14.9 Å². The van der Waals surface area contributed by atoms with Gasteiger partial charge in [0.2, 0.25) is 0 Å². The van der Waals surface area contributed by atoms with Gasteiger partial charge in [-0.3, -0.25) is 9.88 Å². The number of halogens is 1. The van der Waals surface area contributed by atoms with Crippen LogP contribution in [0.3, 0.4) is 0 Å². The minimum absolute atomic E-state index is 0.225. The molecule has 6 heteroatoms. The van der Waals surface area contributed by atoms with Crippen LogP contribution < -0.4 is 4.74 Å². The number of benzene rings is 1. The fourth-order valence-electron chi connectivity index (χ4n) is 4.38. The lowest BCUT2D eigenvalue weighted by atomic mass is 10.0. The Morgan fingerprint density at radius 2 is 1.96 bits per heavy atom. The molecule has 0 radical (unpaired) electrons. The summed E-state index contributed by atoms with van der Waals surface area (Å²) in [7, 11) is 0. The molecule has 2 N–H and O–H groups in total. The predicted octanol–water partition coefficient (Wildman–Crippen LogP) is 3.06. The average Bonchev–Trinajstić information content (AvgIpc) is 3.17. The number of aliphatic hydroxyl groups excluding tert-OH is 1. The number of likely N-dealkylation sites (tertiary alicyclic amines) is 1. The van der Waals surface area contributed by atoms with Crippen molar-refractivity contribution < 1.29 is 19.3 Å². The lowest BCUT2D eigenvalue weighted by Gasteiger charge is -2.22. The van der Waals surface area contributed by atoms with E-state index in [1.807, 2.05) is 19.1 Å². The van der Waals surface area contributed by atoms with E-state index in [-0.39, 0.29) is 6.10 Å². The van der Waals surface area contributed by atoms with Crippen molar-refractivity contribution in [3.05, 3.63) is 53.6 Å². The van der Waals surface area contributed by atoms with E-state index in [1.54, 1.807) is 12.3 Å². The molecule has 0 amide bonds. The van der Waals surface area contributed by atoms with E-state index >= 15 is 0 Å². The zero-order chi connectivity index (χ0) is 19.0. The first kappa shape index (κ1) is 18.2. The molecule has 1 aromatic heterocycles. The van der Waals surface area contributed by atoms with Crippen molar-refractivity contribution in [1.82, 2.24) is 9.88 Å². The van der Waals surface area contributed by atoms with Gasteiger partial charge in [-0.05, 0) is 61.4 Å². The standard InChI is InChI=1S/C21H25FN2O3/c1-13-2-4-17(9-23-13)27-18-6-15-10-24(11-16(15)7-18)12-21(26)14-3-5-20(25)19(22)8-14/h2-5,8-9,15-16,18,21,25-26H,6-7,10-12H2,1H3/t15-,16+,18+,21?. The van der Waals surface area contributed by atoms with E-state index in [2.05, 4.69) is 9.88 Å². The number of aliphatic hydroxyl groups is 1. The number of pyridine rings is 1. The Balaban J connectivity index is 1.29. The number of phenols is 1. The van der Waals surface area contributed by atoms with Crippen molar-refractivity contribution in [2.24, 2.45) is 11.8 Å². The Kier molecular flexibility index (Phi) is 5.02. The fourth-order valence-corrected chi connectivity index (χ4v) is 4.38. The molecule has 1 saturated heterocycles. The molecule has 5 nitrogen and oxygen atoms in total. The molecule has 4 atom stereocenters. The maximum atomic E-state index is 13.5. The van der Waals surface area contributed by atoms with Crippen molar-refractivity contribution in [3.8, 4) is 11.5 Å². The van der Waals surface area contributed by atoms with Crippen LogP contribution in [0.15, 0.2) is 36.5 Å². The topological polar surface area (TPSA) is 65.8 Å². The normalized spacial score (nSPS) is 26.1. The Morgan fingerprint density at radius 3 is 2.59 bits per heavy atom. The number of β-amino-alcohol motifs (C(OH)–C–C–N with tert-alkyl or cyclic N) is 1. The van der Waals surface area contributed by atoms with E-state index in [1.165, 1.54) is 12.1 Å². The second kappa shape index (κ2) is 7.44. The number of aromatic hydroxyl groups is 1. The maximum absolute atomic E-state index is 13.5. The molecule has 2 aromatic rings. The highest BCUT2D eigenvalue weighted by Gasteiger charge is 2.42. The number of hydrogen-bond donors (Lipinski definition) is 2. The number of aryl methyl sites for hydroxylation is 1. The van der Waals surface area contributed by atoms with Gasteiger partial charge in [0, 0.05) is 25.3 Å².